The van der Waals surface area contributed by atoms with Crippen LogP contribution in [0.15, 0.2) is 84.9 Å². The Morgan fingerprint density at radius 3 is 1.66 bits per heavy atom. The summed E-state index contributed by atoms with van der Waals surface area (Å²) in [7, 11) is 0. The first-order chi connectivity index (χ1) is 19.9. The van der Waals surface area contributed by atoms with Gasteiger partial charge in [-0.1, -0.05) is 106 Å². The average molecular weight is 559 g/mol. The van der Waals surface area contributed by atoms with Crippen LogP contribution in [0.1, 0.15) is 87.7 Å². The van der Waals surface area contributed by atoms with E-state index < -0.39 is 23.3 Å². The van der Waals surface area contributed by atoms with Gasteiger partial charge in [-0.3, -0.25) is 0 Å². The van der Waals surface area contributed by atoms with Crippen LogP contribution in [-0.4, -0.2) is 0 Å². The lowest BCUT2D eigenvalue weighted by Gasteiger charge is -2.26. The van der Waals surface area contributed by atoms with Crippen molar-refractivity contribution in [1.82, 2.24) is 0 Å². The Balaban J connectivity index is 0.000000169. The normalized spacial score (nSPS) is 19.3. The molecule has 0 aliphatic heterocycles. The van der Waals surface area contributed by atoms with E-state index in [2.05, 4.69) is 61.5 Å². The van der Waals surface area contributed by atoms with Crippen LogP contribution in [0.2, 0.25) is 0 Å². The summed E-state index contributed by atoms with van der Waals surface area (Å²) in [5, 5.41) is 0. The van der Waals surface area contributed by atoms with Crippen molar-refractivity contribution in [1.29, 1.82) is 0 Å². The van der Waals surface area contributed by atoms with Crippen molar-refractivity contribution in [3.8, 4) is 22.3 Å². The van der Waals surface area contributed by atoms with Crippen LogP contribution in [0.25, 0.3) is 22.3 Å². The highest BCUT2D eigenvalue weighted by Gasteiger charge is 2.21. The first-order valence-corrected chi connectivity index (χ1v) is 15.0. The molecule has 41 heavy (non-hydrogen) atoms. The van der Waals surface area contributed by atoms with E-state index in [9.17, 15) is 17.6 Å². The largest absolute Gasteiger partial charge is 0.206 e. The minimum absolute atomic E-state index is 0.00252. The molecule has 0 spiro atoms. The molecule has 0 bridgehead atoms. The lowest BCUT2D eigenvalue weighted by molar-refractivity contribution is 0.347. The summed E-state index contributed by atoms with van der Waals surface area (Å²) in [5.74, 6) is -2.86. The van der Waals surface area contributed by atoms with Crippen molar-refractivity contribution < 1.29 is 17.6 Å². The summed E-state index contributed by atoms with van der Waals surface area (Å²) in [5.41, 5.74) is 5.18. The smallest absolute Gasteiger partial charge is 0.194 e. The van der Waals surface area contributed by atoms with E-state index in [1.165, 1.54) is 60.9 Å². The zero-order chi connectivity index (χ0) is 28.8. The molecule has 214 valence electrons. The Labute approximate surface area is 241 Å². The second-order valence-electron chi connectivity index (χ2n) is 11.8. The predicted molar refractivity (Wildman–Crippen MR) is 160 cm³/mol. The van der Waals surface area contributed by atoms with Crippen LogP contribution in [0.4, 0.5) is 17.6 Å². The molecule has 0 saturated heterocycles. The minimum Gasteiger partial charge on any atom is -0.206 e. The number of hydrogen-bond donors (Lipinski definition) is 0. The number of halogens is 4. The molecule has 2 aliphatic rings. The van der Waals surface area contributed by atoms with E-state index in [0.717, 1.165) is 49.3 Å². The summed E-state index contributed by atoms with van der Waals surface area (Å²) in [4.78, 5) is 0. The standard InChI is InChI=1S/C19H18F4.C18H20/c1-11-2-4-12(5-3-11)13-6-7-15(16(20)8-13)14-9-17(21)19(23)18(22)10-14;1-3-7-15(8-4-1)17-11-13-18(14-12-17)16-9-5-2-6-10-16/h6-12H,2-5H2,1H3;1,3-4,7-8,11-14,16H,2,5-6,9-10H2. The molecule has 0 aromatic heterocycles. The Morgan fingerprint density at radius 1 is 0.488 bits per heavy atom. The summed E-state index contributed by atoms with van der Waals surface area (Å²) < 4.78 is 54.1. The maximum Gasteiger partial charge on any atom is 0.194 e. The maximum atomic E-state index is 14.4. The first-order valence-electron chi connectivity index (χ1n) is 15.0. The van der Waals surface area contributed by atoms with Gasteiger partial charge in [0.25, 0.3) is 0 Å². The van der Waals surface area contributed by atoms with Gasteiger partial charge >= 0.3 is 0 Å². The molecule has 4 aromatic rings. The van der Waals surface area contributed by atoms with Gasteiger partial charge in [-0.15, -0.1) is 0 Å². The molecule has 4 heteroatoms. The molecule has 2 fully saturated rings. The molecule has 0 radical (unpaired) electrons. The molecule has 2 saturated carbocycles. The Kier molecular flexibility index (Phi) is 9.59. The van der Waals surface area contributed by atoms with Crippen molar-refractivity contribution in [2.24, 2.45) is 5.92 Å². The van der Waals surface area contributed by atoms with Gasteiger partial charge in [0.05, 0.1) is 0 Å². The summed E-state index contributed by atoms with van der Waals surface area (Å²) >= 11 is 0. The highest BCUT2D eigenvalue weighted by atomic mass is 19.2. The van der Waals surface area contributed by atoms with E-state index in [1.807, 2.05) is 0 Å². The lowest BCUT2D eigenvalue weighted by Crippen LogP contribution is -2.11. The third-order valence-electron chi connectivity index (χ3n) is 8.87. The van der Waals surface area contributed by atoms with Gasteiger partial charge in [0.2, 0.25) is 0 Å². The van der Waals surface area contributed by atoms with E-state index in [0.29, 0.717) is 11.8 Å². The lowest BCUT2D eigenvalue weighted by atomic mass is 9.79. The van der Waals surface area contributed by atoms with E-state index in [-0.39, 0.29) is 11.1 Å². The fraction of sp³-hybridized carbons (Fsp3) is 0.351. The summed E-state index contributed by atoms with van der Waals surface area (Å²) in [6.45, 7) is 2.22. The van der Waals surface area contributed by atoms with Gasteiger partial charge in [0.1, 0.15) is 5.82 Å². The molecule has 2 aliphatic carbocycles. The topological polar surface area (TPSA) is 0 Å². The highest BCUT2D eigenvalue weighted by molar-refractivity contribution is 5.65. The van der Waals surface area contributed by atoms with Crippen LogP contribution >= 0.6 is 0 Å². The second-order valence-corrected chi connectivity index (χ2v) is 11.8. The zero-order valence-corrected chi connectivity index (χ0v) is 23.7. The predicted octanol–water partition coefficient (Wildman–Crippen LogP) is 11.6. The van der Waals surface area contributed by atoms with Crippen LogP contribution in [0.3, 0.4) is 0 Å². The molecular formula is C37H38F4. The van der Waals surface area contributed by atoms with Crippen LogP contribution in [-0.2, 0) is 0 Å². The highest BCUT2D eigenvalue weighted by Crippen LogP contribution is 2.37. The molecule has 4 aromatic carbocycles. The zero-order valence-electron chi connectivity index (χ0n) is 23.7. The molecular weight excluding hydrogens is 520 g/mol. The van der Waals surface area contributed by atoms with Crippen LogP contribution < -0.4 is 0 Å². The van der Waals surface area contributed by atoms with Crippen molar-refractivity contribution in [3.05, 3.63) is 119 Å². The van der Waals surface area contributed by atoms with Gasteiger partial charge < -0.3 is 0 Å². The van der Waals surface area contributed by atoms with E-state index in [4.69, 9.17) is 0 Å². The van der Waals surface area contributed by atoms with Crippen LogP contribution in [0.5, 0.6) is 0 Å². The molecule has 0 N–H and O–H groups in total. The van der Waals surface area contributed by atoms with E-state index >= 15 is 0 Å². The number of benzene rings is 4. The van der Waals surface area contributed by atoms with Gasteiger partial charge in [-0.2, -0.15) is 0 Å². The molecule has 0 amide bonds. The molecule has 0 nitrogen and oxygen atoms in total. The Bertz CT molecular complexity index is 1390. The van der Waals surface area contributed by atoms with Gasteiger partial charge in [-0.25, -0.2) is 17.6 Å². The van der Waals surface area contributed by atoms with Gasteiger partial charge in [0.15, 0.2) is 17.5 Å². The van der Waals surface area contributed by atoms with Crippen molar-refractivity contribution in [3.63, 3.8) is 0 Å². The third-order valence-corrected chi connectivity index (χ3v) is 8.87. The van der Waals surface area contributed by atoms with Crippen molar-refractivity contribution in [2.75, 3.05) is 0 Å². The second kappa shape index (κ2) is 13.5. The minimum atomic E-state index is -1.54. The quantitative estimate of drug-likeness (QED) is 0.173. The van der Waals surface area contributed by atoms with Crippen molar-refractivity contribution in [2.45, 2.75) is 76.5 Å². The summed E-state index contributed by atoms with van der Waals surface area (Å²) in [6, 6.07) is 26.2. The molecule has 0 heterocycles. The average Bonchev–Trinajstić information content (AvgIpc) is 3.01. The fourth-order valence-corrected chi connectivity index (χ4v) is 6.34. The third kappa shape index (κ3) is 7.28. The Hall–Kier alpha value is -3.40. The Morgan fingerprint density at radius 2 is 1.05 bits per heavy atom. The SMILES string of the molecule is CC1CCC(c2ccc(-c3cc(F)c(F)c(F)c3)c(F)c2)CC1.c1ccc(-c2ccc(C3CCCCC3)cc2)cc1. The van der Waals surface area contributed by atoms with Gasteiger partial charge in [0, 0.05) is 5.56 Å². The number of hydrogen-bond acceptors (Lipinski definition) is 0. The maximum absolute atomic E-state index is 14.4. The summed E-state index contributed by atoms with van der Waals surface area (Å²) in [6.07, 6.45) is 11.3. The van der Waals surface area contributed by atoms with Gasteiger partial charge in [-0.05, 0) is 89.5 Å². The van der Waals surface area contributed by atoms with Crippen molar-refractivity contribution >= 4 is 0 Å². The molecule has 0 unspecified atom stereocenters. The molecule has 6 rings (SSSR count). The number of rotatable bonds is 4. The first kappa shape index (κ1) is 29.1. The fourth-order valence-electron chi connectivity index (χ4n) is 6.34. The van der Waals surface area contributed by atoms with E-state index in [1.54, 1.807) is 6.07 Å². The van der Waals surface area contributed by atoms with Crippen LogP contribution in [0, 0.1) is 29.2 Å². The molecule has 0 atom stereocenters. The monoisotopic (exact) mass is 558 g/mol.